The van der Waals surface area contributed by atoms with Crippen molar-refractivity contribution in [3.05, 3.63) is 41.7 Å². The van der Waals surface area contributed by atoms with Gasteiger partial charge in [-0.3, -0.25) is 0 Å². The van der Waals surface area contributed by atoms with Crippen LogP contribution in [0.1, 0.15) is 30.5 Å². The normalized spacial score (nSPS) is 12.1. The Balaban J connectivity index is 2.17. The zero-order valence-corrected chi connectivity index (χ0v) is 10.6. The Morgan fingerprint density at radius 2 is 1.94 bits per heavy atom. The monoisotopic (exact) mass is 243 g/mol. The Morgan fingerprint density at radius 1 is 1.22 bits per heavy atom. The summed E-state index contributed by atoms with van der Waals surface area (Å²) >= 11 is 0. The summed E-state index contributed by atoms with van der Waals surface area (Å²) in [6, 6.07) is 8.60. The highest BCUT2D eigenvalue weighted by molar-refractivity contribution is 5.35. The van der Waals surface area contributed by atoms with Crippen molar-refractivity contribution in [2.24, 2.45) is 0 Å². The van der Waals surface area contributed by atoms with E-state index >= 15 is 0 Å². The van der Waals surface area contributed by atoms with Gasteiger partial charge in [-0.2, -0.15) is 4.98 Å². The van der Waals surface area contributed by atoms with E-state index in [1.807, 2.05) is 0 Å². The zero-order valence-electron chi connectivity index (χ0n) is 10.6. The lowest BCUT2D eigenvalue weighted by atomic mass is 10.0. The molecule has 1 atom stereocenters. The van der Waals surface area contributed by atoms with E-state index in [1.165, 1.54) is 17.5 Å². The number of hydrogen-bond acceptors (Lipinski definition) is 5. The predicted octanol–water partition coefficient (Wildman–Crippen LogP) is 2.33. The quantitative estimate of drug-likeness (QED) is 0.861. The molecule has 1 unspecified atom stereocenters. The summed E-state index contributed by atoms with van der Waals surface area (Å²) in [5, 5.41) is 3.26. The third-order valence-corrected chi connectivity index (χ3v) is 2.78. The Hall–Kier alpha value is -2.17. The Morgan fingerprint density at radius 3 is 2.56 bits per heavy atom. The first-order valence-electron chi connectivity index (χ1n) is 5.96. The van der Waals surface area contributed by atoms with Crippen molar-refractivity contribution < 1.29 is 0 Å². The molecular weight excluding hydrogens is 226 g/mol. The molecule has 18 heavy (non-hydrogen) atoms. The van der Waals surface area contributed by atoms with Crippen molar-refractivity contribution in [2.75, 3.05) is 11.1 Å². The van der Waals surface area contributed by atoms with Crippen LogP contribution in [0.2, 0.25) is 0 Å². The van der Waals surface area contributed by atoms with Crippen LogP contribution in [0.15, 0.2) is 30.6 Å². The van der Waals surface area contributed by atoms with E-state index in [9.17, 15) is 0 Å². The molecule has 94 valence electrons. The standard InChI is InChI=1S/C13H17N5/c1-3-11(10-6-4-9(2)5-7-10)17-13-16-8-15-12(14)18-13/h4-8,11H,3H2,1-2H3,(H3,14,15,16,17,18). The molecule has 1 heterocycles. The molecular formula is C13H17N5. The minimum absolute atomic E-state index is 0.174. The molecule has 2 aromatic rings. The molecule has 0 aliphatic rings. The number of benzene rings is 1. The smallest absolute Gasteiger partial charge is 0.227 e. The molecule has 0 saturated carbocycles. The predicted molar refractivity (Wildman–Crippen MR) is 72.1 cm³/mol. The minimum atomic E-state index is 0.174. The van der Waals surface area contributed by atoms with Crippen molar-refractivity contribution in [3.8, 4) is 0 Å². The lowest BCUT2D eigenvalue weighted by molar-refractivity contribution is 0.736. The maximum Gasteiger partial charge on any atom is 0.227 e. The topological polar surface area (TPSA) is 76.7 Å². The van der Waals surface area contributed by atoms with Crippen LogP contribution in [0, 0.1) is 6.92 Å². The van der Waals surface area contributed by atoms with Crippen LogP contribution in [0.25, 0.3) is 0 Å². The molecule has 0 radical (unpaired) electrons. The van der Waals surface area contributed by atoms with Gasteiger partial charge >= 0.3 is 0 Å². The summed E-state index contributed by atoms with van der Waals surface area (Å²) in [7, 11) is 0. The Kier molecular flexibility index (Phi) is 3.72. The van der Waals surface area contributed by atoms with Crippen LogP contribution in [-0.4, -0.2) is 15.0 Å². The molecule has 0 aliphatic heterocycles. The van der Waals surface area contributed by atoms with Gasteiger partial charge in [-0.15, -0.1) is 0 Å². The molecule has 2 rings (SSSR count). The van der Waals surface area contributed by atoms with Crippen LogP contribution in [-0.2, 0) is 0 Å². The number of nitrogen functional groups attached to an aromatic ring is 1. The average Bonchev–Trinajstić information content (AvgIpc) is 2.37. The number of nitrogens with one attached hydrogen (secondary N) is 1. The highest BCUT2D eigenvalue weighted by atomic mass is 15.2. The Bertz CT molecular complexity index is 509. The highest BCUT2D eigenvalue weighted by Gasteiger charge is 2.10. The molecule has 1 aromatic carbocycles. The summed E-state index contributed by atoms with van der Waals surface area (Å²) in [5.41, 5.74) is 7.99. The maximum atomic E-state index is 5.53. The van der Waals surface area contributed by atoms with Gasteiger partial charge in [-0.1, -0.05) is 36.8 Å². The van der Waals surface area contributed by atoms with E-state index in [1.54, 1.807) is 0 Å². The third-order valence-electron chi connectivity index (χ3n) is 2.78. The van der Waals surface area contributed by atoms with Crippen molar-refractivity contribution in [1.29, 1.82) is 0 Å². The molecule has 0 spiro atoms. The summed E-state index contributed by atoms with van der Waals surface area (Å²) in [5.74, 6) is 0.737. The number of rotatable bonds is 4. The fourth-order valence-electron chi connectivity index (χ4n) is 1.75. The van der Waals surface area contributed by atoms with Crippen LogP contribution >= 0.6 is 0 Å². The minimum Gasteiger partial charge on any atom is -0.368 e. The second-order valence-corrected chi connectivity index (χ2v) is 4.18. The van der Waals surface area contributed by atoms with Gasteiger partial charge in [0.25, 0.3) is 0 Å². The van der Waals surface area contributed by atoms with Gasteiger partial charge in [0.15, 0.2) is 0 Å². The van der Waals surface area contributed by atoms with Crippen LogP contribution in [0.4, 0.5) is 11.9 Å². The van der Waals surface area contributed by atoms with Gasteiger partial charge in [0.2, 0.25) is 11.9 Å². The number of hydrogen-bond donors (Lipinski definition) is 2. The SMILES string of the molecule is CCC(Nc1ncnc(N)n1)c1ccc(C)cc1. The highest BCUT2D eigenvalue weighted by Crippen LogP contribution is 2.20. The number of nitrogens with two attached hydrogens (primary N) is 1. The van der Waals surface area contributed by atoms with E-state index in [0.717, 1.165) is 6.42 Å². The first-order valence-corrected chi connectivity index (χ1v) is 5.96. The summed E-state index contributed by atoms with van der Waals surface area (Å²) < 4.78 is 0. The van der Waals surface area contributed by atoms with Crippen LogP contribution in [0.3, 0.4) is 0 Å². The van der Waals surface area contributed by atoms with Crippen molar-refractivity contribution in [1.82, 2.24) is 15.0 Å². The second kappa shape index (κ2) is 5.44. The van der Waals surface area contributed by atoms with Gasteiger partial charge in [0.05, 0.1) is 6.04 Å². The first-order chi connectivity index (χ1) is 8.69. The third kappa shape index (κ3) is 2.94. The van der Waals surface area contributed by atoms with Crippen LogP contribution < -0.4 is 11.1 Å². The molecule has 5 nitrogen and oxygen atoms in total. The van der Waals surface area contributed by atoms with E-state index in [-0.39, 0.29) is 12.0 Å². The van der Waals surface area contributed by atoms with E-state index in [2.05, 4.69) is 58.4 Å². The molecule has 3 N–H and O–H groups in total. The largest absolute Gasteiger partial charge is 0.368 e. The summed E-state index contributed by atoms with van der Waals surface area (Å²) in [6.07, 6.45) is 2.35. The molecule has 0 bridgehead atoms. The Labute approximate surface area is 106 Å². The second-order valence-electron chi connectivity index (χ2n) is 4.18. The average molecular weight is 243 g/mol. The molecule has 5 heteroatoms. The van der Waals surface area contributed by atoms with Crippen molar-refractivity contribution >= 4 is 11.9 Å². The van der Waals surface area contributed by atoms with Gasteiger partial charge in [0, 0.05) is 0 Å². The molecule has 0 saturated heterocycles. The number of aryl methyl sites for hydroxylation is 1. The lowest BCUT2D eigenvalue weighted by Crippen LogP contribution is -2.13. The number of aromatic nitrogens is 3. The summed E-state index contributed by atoms with van der Waals surface area (Å²) in [6.45, 7) is 4.19. The van der Waals surface area contributed by atoms with Crippen molar-refractivity contribution in [2.45, 2.75) is 26.3 Å². The van der Waals surface area contributed by atoms with Gasteiger partial charge in [0.1, 0.15) is 6.33 Å². The van der Waals surface area contributed by atoms with Gasteiger partial charge in [-0.05, 0) is 18.9 Å². The van der Waals surface area contributed by atoms with E-state index in [4.69, 9.17) is 5.73 Å². The molecule has 0 aliphatic carbocycles. The maximum absolute atomic E-state index is 5.53. The fourth-order valence-corrected chi connectivity index (χ4v) is 1.75. The van der Waals surface area contributed by atoms with E-state index in [0.29, 0.717) is 5.95 Å². The zero-order chi connectivity index (χ0) is 13.0. The number of anilines is 2. The van der Waals surface area contributed by atoms with Gasteiger partial charge in [-0.25, -0.2) is 9.97 Å². The van der Waals surface area contributed by atoms with Gasteiger partial charge < -0.3 is 11.1 Å². The molecule has 0 amide bonds. The van der Waals surface area contributed by atoms with Crippen molar-refractivity contribution in [3.63, 3.8) is 0 Å². The first kappa shape index (κ1) is 12.3. The fraction of sp³-hybridized carbons (Fsp3) is 0.308. The van der Waals surface area contributed by atoms with E-state index < -0.39 is 0 Å². The number of nitrogens with zero attached hydrogens (tertiary/aromatic N) is 3. The summed E-state index contributed by atoms with van der Waals surface area (Å²) in [4.78, 5) is 11.9. The van der Waals surface area contributed by atoms with Crippen LogP contribution in [0.5, 0.6) is 0 Å². The lowest BCUT2D eigenvalue weighted by Gasteiger charge is -2.17. The molecule has 1 aromatic heterocycles. The molecule has 0 fully saturated rings.